The van der Waals surface area contributed by atoms with Gasteiger partial charge in [-0.2, -0.15) is 5.26 Å². The van der Waals surface area contributed by atoms with Gasteiger partial charge in [-0.05, 0) is 42.3 Å². The zero-order chi connectivity index (χ0) is 19.3. The van der Waals surface area contributed by atoms with Crippen LogP contribution in [0.2, 0.25) is 0 Å². The number of benzene rings is 3. The van der Waals surface area contributed by atoms with Gasteiger partial charge in [-0.25, -0.2) is 0 Å². The summed E-state index contributed by atoms with van der Waals surface area (Å²) in [5.41, 5.74) is 1.47. The number of carbonyl (C=O) groups excluding carboxylic acids is 1. The van der Waals surface area contributed by atoms with E-state index in [1.807, 2.05) is 49.4 Å². The second-order valence-corrected chi connectivity index (χ2v) is 6.28. The van der Waals surface area contributed by atoms with Gasteiger partial charge in [0.1, 0.15) is 5.75 Å². The van der Waals surface area contributed by atoms with Crippen LogP contribution in [-0.4, -0.2) is 13.0 Å². The molecule has 0 aliphatic rings. The summed E-state index contributed by atoms with van der Waals surface area (Å²) < 4.78 is 5.15. The Morgan fingerprint density at radius 1 is 0.926 bits per heavy atom. The highest BCUT2D eigenvalue weighted by atomic mass is 16.5. The first-order valence-electron chi connectivity index (χ1n) is 8.59. The third-order valence-corrected chi connectivity index (χ3v) is 4.55. The topological polar surface area (TPSA) is 62.1 Å². The normalized spacial score (nSPS) is 12.5. The van der Waals surface area contributed by atoms with Crippen molar-refractivity contribution < 1.29 is 9.53 Å². The van der Waals surface area contributed by atoms with Crippen molar-refractivity contribution in [3.8, 4) is 11.8 Å². The summed E-state index contributed by atoms with van der Waals surface area (Å²) in [6.07, 6.45) is 0. The van der Waals surface area contributed by atoms with Crippen molar-refractivity contribution in [2.75, 3.05) is 12.4 Å². The van der Waals surface area contributed by atoms with Crippen molar-refractivity contribution in [1.29, 1.82) is 5.26 Å². The molecule has 0 saturated heterocycles. The smallest absolute Gasteiger partial charge is 0.254 e. The lowest BCUT2D eigenvalue weighted by Crippen LogP contribution is -2.40. The van der Waals surface area contributed by atoms with Gasteiger partial charge in [-0.1, -0.05) is 60.2 Å². The summed E-state index contributed by atoms with van der Waals surface area (Å²) in [5.74, 6) is 0.298. The van der Waals surface area contributed by atoms with E-state index >= 15 is 0 Å². The lowest BCUT2D eigenvalue weighted by molar-refractivity contribution is -0.118. The number of nitrogens with one attached hydrogen (secondary N) is 1. The largest absolute Gasteiger partial charge is 0.497 e. The number of nitrogens with zero attached hydrogens (tertiary/aromatic N) is 1. The standard InChI is InChI=1S/C23H20N2O2/c1-17-8-10-19(11-9-17)23(16-24,18-6-4-3-5-7-18)22(26)25-20-12-14-21(27-2)15-13-20/h3-15H,1-2H3,(H,25,26). The minimum absolute atomic E-state index is 0.398. The average molecular weight is 356 g/mol. The zero-order valence-electron chi connectivity index (χ0n) is 15.3. The Morgan fingerprint density at radius 3 is 2.07 bits per heavy atom. The number of ether oxygens (including phenoxy) is 1. The van der Waals surface area contributed by atoms with Gasteiger partial charge in [-0.3, -0.25) is 4.79 Å². The molecule has 4 heteroatoms. The van der Waals surface area contributed by atoms with Gasteiger partial charge in [0.2, 0.25) is 0 Å². The van der Waals surface area contributed by atoms with Gasteiger partial charge in [0.05, 0.1) is 13.2 Å². The van der Waals surface area contributed by atoms with Crippen LogP contribution in [0, 0.1) is 18.3 Å². The maximum Gasteiger partial charge on any atom is 0.254 e. The highest BCUT2D eigenvalue weighted by Gasteiger charge is 2.42. The Hall–Kier alpha value is -3.58. The number of carbonyl (C=O) groups is 1. The highest BCUT2D eigenvalue weighted by Crippen LogP contribution is 2.34. The summed E-state index contributed by atoms with van der Waals surface area (Å²) in [6, 6.07) is 25.9. The number of anilines is 1. The van der Waals surface area contributed by atoms with Gasteiger partial charge in [0.25, 0.3) is 5.91 Å². The maximum absolute atomic E-state index is 13.3. The fraction of sp³-hybridized carbons (Fsp3) is 0.130. The van der Waals surface area contributed by atoms with E-state index in [9.17, 15) is 10.1 Å². The summed E-state index contributed by atoms with van der Waals surface area (Å²) >= 11 is 0. The highest BCUT2D eigenvalue weighted by molar-refractivity contribution is 6.04. The first kappa shape index (κ1) is 18.2. The molecule has 27 heavy (non-hydrogen) atoms. The Bertz CT molecular complexity index is 958. The zero-order valence-corrected chi connectivity index (χ0v) is 15.3. The molecule has 0 aliphatic heterocycles. The van der Waals surface area contributed by atoms with E-state index in [2.05, 4.69) is 11.4 Å². The predicted molar refractivity (Wildman–Crippen MR) is 106 cm³/mol. The van der Waals surface area contributed by atoms with E-state index in [1.54, 1.807) is 43.5 Å². The lowest BCUT2D eigenvalue weighted by atomic mass is 9.74. The van der Waals surface area contributed by atoms with Crippen LogP contribution in [-0.2, 0) is 10.2 Å². The van der Waals surface area contributed by atoms with Crippen molar-refractivity contribution in [3.63, 3.8) is 0 Å². The van der Waals surface area contributed by atoms with E-state index in [0.29, 0.717) is 22.6 Å². The molecule has 0 radical (unpaired) electrons. The van der Waals surface area contributed by atoms with Crippen molar-refractivity contribution in [3.05, 3.63) is 95.6 Å². The maximum atomic E-state index is 13.3. The van der Waals surface area contributed by atoms with Crippen LogP contribution in [0.4, 0.5) is 5.69 Å². The second-order valence-electron chi connectivity index (χ2n) is 6.28. The molecule has 1 atom stereocenters. The van der Waals surface area contributed by atoms with Gasteiger partial charge in [0.15, 0.2) is 5.41 Å². The minimum Gasteiger partial charge on any atom is -0.497 e. The van der Waals surface area contributed by atoms with Crippen LogP contribution in [0.5, 0.6) is 5.75 Å². The number of rotatable bonds is 5. The van der Waals surface area contributed by atoms with Gasteiger partial charge in [-0.15, -0.1) is 0 Å². The molecule has 0 saturated carbocycles. The second kappa shape index (κ2) is 7.76. The lowest BCUT2D eigenvalue weighted by Gasteiger charge is -2.27. The summed E-state index contributed by atoms with van der Waals surface area (Å²) in [5, 5.41) is 13.0. The molecule has 0 bridgehead atoms. The molecule has 0 fully saturated rings. The molecular weight excluding hydrogens is 336 g/mol. The van der Waals surface area contributed by atoms with E-state index in [0.717, 1.165) is 5.56 Å². The Kier molecular flexibility index (Phi) is 5.23. The summed E-state index contributed by atoms with van der Waals surface area (Å²) in [6.45, 7) is 1.97. The minimum atomic E-state index is -1.45. The summed E-state index contributed by atoms with van der Waals surface area (Å²) in [4.78, 5) is 13.3. The molecule has 4 nitrogen and oxygen atoms in total. The first-order valence-corrected chi connectivity index (χ1v) is 8.59. The third kappa shape index (κ3) is 3.54. The number of aryl methyl sites for hydroxylation is 1. The van der Waals surface area contributed by atoms with Crippen LogP contribution >= 0.6 is 0 Å². The molecule has 1 unspecified atom stereocenters. The Labute approximate surface area is 159 Å². The number of hydrogen-bond donors (Lipinski definition) is 1. The van der Waals surface area contributed by atoms with E-state index < -0.39 is 11.3 Å². The molecule has 134 valence electrons. The molecule has 3 aromatic carbocycles. The van der Waals surface area contributed by atoms with Crippen LogP contribution < -0.4 is 10.1 Å². The van der Waals surface area contributed by atoms with Crippen molar-refractivity contribution >= 4 is 11.6 Å². The van der Waals surface area contributed by atoms with Crippen LogP contribution in [0.15, 0.2) is 78.9 Å². The fourth-order valence-electron chi connectivity index (χ4n) is 3.00. The summed E-state index contributed by atoms with van der Waals surface area (Å²) in [7, 11) is 1.58. The predicted octanol–water partition coefficient (Wildman–Crippen LogP) is 4.45. The number of nitriles is 1. The van der Waals surface area contributed by atoms with Crippen molar-refractivity contribution in [2.24, 2.45) is 0 Å². The van der Waals surface area contributed by atoms with Crippen LogP contribution in [0.3, 0.4) is 0 Å². The molecule has 0 aromatic heterocycles. The van der Waals surface area contributed by atoms with Gasteiger partial charge < -0.3 is 10.1 Å². The first-order chi connectivity index (χ1) is 13.1. The molecule has 0 aliphatic carbocycles. The SMILES string of the molecule is COc1ccc(NC(=O)C(C#N)(c2ccccc2)c2ccc(C)cc2)cc1. The van der Waals surface area contributed by atoms with Gasteiger partial charge >= 0.3 is 0 Å². The number of methoxy groups -OCH3 is 1. The van der Waals surface area contributed by atoms with E-state index in [-0.39, 0.29) is 0 Å². The molecule has 0 heterocycles. The van der Waals surface area contributed by atoms with Crippen LogP contribution in [0.1, 0.15) is 16.7 Å². The Balaban J connectivity index is 2.07. The molecular formula is C23H20N2O2. The molecule has 1 amide bonds. The molecule has 3 aromatic rings. The Morgan fingerprint density at radius 2 is 1.52 bits per heavy atom. The number of hydrogen-bond acceptors (Lipinski definition) is 3. The number of amides is 1. The van der Waals surface area contributed by atoms with Crippen LogP contribution in [0.25, 0.3) is 0 Å². The van der Waals surface area contributed by atoms with Gasteiger partial charge in [0, 0.05) is 5.69 Å². The average Bonchev–Trinajstić information content (AvgIpc) is 2.71. The van der Waals surface area contributed by atoms with Crippen molar-refractivity contribution in [2.45, 2.75) is 12.3 Å². The molecule has 1 N–H and O–H groups in total. The third-order valence-electron chi connectivity index (χ3n) is 4.55. The van der Waals surface area contributed by atoms with Crippen molar-refractivity contribution in [1.82, 2.24) is 0 Å². The molecule has 0 spiro atoms. The molecule has 3 rings (SSSR count). The quantitative estimate of drug-likeness (QED) is 0.734. The monoisotopic (exact) mass is 356 g/mol. The van der Waals surface area contributed by atoms with E-state index in [4.69, 9.17) is 4.74 Å². The fourth-order valence-corrected chi connectivity index (χ4v) is 3.00. The van der Waals surface area contributed by atoms with E-state index in [1.165, 1.54) is 0 Å².